The van der Waals surface area contributed by atoms with Crippen molar-refractivity contribution in [2.75, 3.05) is 5.73 Å². The summed E-state index contributed by atoms with van der Waals surface area (Å²) in [6.45, 7) is 3.90. The first-order chi connectivity index (χ1) is 16.8. The maximum Gasteiger partial charge on any atom is 0.339 e. The number of benzene rings is 4. The zero-order valence-electron chi connectivity index (χ0n) is 20.2. The van der Waals surface area contributed by atoms with Gasteiger partial charge in [0.1, 0.15) is 11.3 Å². The summed E-state index contributed by atoms with van der Waals surface area (Å²) >= 11 is 0. The van der Waals surface area contributed by atoms with E-state index >= 15 is 0 Å². The Bertz CT molecular complexity index is 1450. The van der Waals surface area contributed by atoms with Gasteiger partial charge in [-0.05, 0) is 90.7 Å². The van der Waals surface area contributed by atoms with E-state index in [1.165, 1.54) is 18.2 Å². The smallest absolute Gasteiger partial charge is 0.339 e. The second kappa shape index (κ2) is 11.7. The molecule has 1 radical (unpaired) electrons. The van der Waals surface area contributed by atoms with Gasteiger partial charge in [-0.1, -0.05) is 24.3 Å². The molecular weight excluding hydrogens is 465 g/mol. The van der Waals surface area contributed by atoms with Gasteiger partial charge in [0.05, 0.1) is 22.7 Å². The average Bonchev–Trinajstić information content (AvgIpc) is 2.85. The standard InChI is InChI=1S/C27H23N5O3.Na/c1-16-14-25(17(2)13-24(16)28)32-30-21-9-5-19(6-10-21)18-3-7-20(8-4-18)29-31-22-11-12-26(33)23(15-22)27(34)35;/h3-15,33H,28H2,1-2H3,(H,34,35);. The number of carbonyl (C=O) groups is 1. The SMILES string of the molecule is Cc1cc(N=Nc2ccc(-c3ccc(N=Nc4ccc(O)c(C(=O)O)c4)cc3)cc2)c(C)cc1N.[Na]. The van der Waals surface area contributed by atoms with Crippen LogP contribution >= 0.6 is 0 Å². The number of hydrogen-bond donors (Lipinski definition) is 3. The number of hydrogen-bond acceptors (Lipinski definition) is 7. The first kappa shape index (κ1) is 26.7. The monoisotopic (exact) mass is 488 g/mol. The Labute approximate surface area is 230 Å². The molecule has 0 aliphatic carbocycles. The number of aromatic carboxylic acids is 1. The summed E-state index contributed by atoms with van der Waals surface area (Å²) in [6, 6.07) is 23.1. The molecule has 0 unspecified atom stereocenters. The molecule has 0 saturated heterocycles. The number of rotatable bonds is 6. The second-order valence-corrected chi connectivity index (χ2v) is 8.00. The van der Waals surface area contributed by atoms with Crippen LogP contribution in [0.1, 0.15) is 21.5 Å². The van der Waals surface area contributed by atoms with Crippen LogP contribution in [0.2, 0.25) is 0 Å². The summed E-state index contributed by atoms with van der Waals surface area (Å²) < 4.78 is 0. The van der Waals surface area contributed by atoms with Crippen LogP contribution in [0.5, 0.6) is 5.75 Å². The number of nitrogens with two attached hydrogens (primary N) is 1. The number of nitrogen functional groups attached to an aromatic ring is 1. The van der Waals surface area contributed by atoms with Crippen molar-refractivity contribution in [1.82, 2.24) is 0 Å². The van der Waals surface area contributed by atoms with E-state index in [-0.39, 0.29) is 40.9 Å². The molecule has 4 rings (SSSR count). The number of phenols is 1. The molecule has 0 aliphatic rings. The van der Waals surface area contributed by atoms with Crippen molar-refractivity contribution in [2.45, 2.75) is 13.8 Å². The molecule has 175 valence electrons. The predicted molar refractivity (Wildman–Crippen MR) is 141 cm³/mol. The van der Waals surface area contributed by atoms with E-state index in [1.54, 1.807) is 0 Å². The van der Waals surface area contributed by atoms with Crippen molar-refractivity contribution in [3.63, 3.8) is 0 Å². The molecule has 8 nitrogen and oxygen atoms in total. The largest absolute Gasteiger partial charge is 0.507 e. The summed E-state index contributed by atoms with van der Waals surface area (Å²) in [6.07, 6.45) is 0. The fourth-order valence-electron chi connectivity index (χ4n) is 3.36. The third-order valence-corrected chi connectivity index (χ3v) is 5.42. The molecule has 0 heterocycles. The average molecular weight is 489 g/mol. The molecule has 0 atom stereocenters. The van der Waals surface area contributed by atoms with Gasteiger partial charge in [0.2, 0.25) is 0 Å². The number of azo groups is 2. The molecule has 0 aromatic heterocycles. The van der Waals surface area contributed by atoms with Crippen LogP contribution in [0.15, 0.2) is 99.3 Å². The minimum absolute atomic E-state index is 0. The maximum absolute atomic E-state index is 11.1. The van der Waals surface area contributed by atoms with Crippen LogP contribution in [0.3, 0.4) is 0 Å². The predicted octanol–water partition coefficient (Wildman–Crippen LogP) is 7.41. The summed E-state index contributed by atoms with van der Waals surface area (Å²) in [5, 5.41) is 35.6. The van der Waals surface area contributed by atoms with E-state index in [9.17, 15) is 9.90 Å². The minimum atomic E-state index is -1.23. The van der Waals surface area contributed by atoms with E-state index in [2.05, 4.69) is 20.5 Å². The summed E-state index contributed by atoms with van der Waals surface area (Å²) in [4.78, 5) is 11.1. The van der Waals surface area contributed by atoms with Gasteiger partial charge in [0.25, 0.3) is 0 Å². The van der Waals surface area contributed by atoms with Gasteiger partial charge in [-0.2, -0.15) is 20.5 Å². The van der Waals surface area contributed by atoms with Crippen molar-refractivity contribution >= 4 is 64.0 Å². The first-order valence-corrected chi connectivity index (χ1v) is 10.8. The Hall–Kier alpha value is -3.85. The van der Waals surface area contributed by atoms with Gasteiger partial charge >= 0.3 is 5.97 Å². The molecule has 4 aromatic rings. The second-order valence-electron chi connectivity index (χ2n) is 8.00. The first-order valence-electron chi connectivity index (χ1n) is 10.8. The van der Waals surface area contributed by atoms with Crippen molar-refractivity contribution < 1.29 is 15.0 Å². The molecule has 0 saturated carbocycles. The van der Waals surface area contributed by atoms with Crippen LogP contribution < -0.4 is 5.73 Å². The normalized spacial score (nSPS) is 11.1. The zero-order valence-corrected chi connectivity index (χ0v) is 22.2. The van der Waals surface area contributed by atoms with Gasteiger partial charge in [0.15, 0.2) is 0 Å². The molecule has 4 aromatic carbocycles. The molecule has 0 aliphatic heterocycles. The van der Waals surface area contributed by atoms with E-state index in [0.29, 0.717) is 11.4 Å². The van der Waals surface area contributed by atoms with Crippen LogP contribution in [-0.4, -0.2) is 45.7 Å². The number of carboxylic acids is 1. The van der Waals surface area contributed by atoms with Crippen molar-refractivity contribution in [3.05, 3.63) is 95.6 Å². The molecule has 36 heavy (non-hydrogen) atoms. The van der Waals surface area contributed by atoms with Gasteiger partial charge in [-0.3, -0.25) is 0 Å². The fraction of sp³-hybridized carbons (Fsp3) is 0.0741. The van der Waals surface area contributed by atoms with Gasteiger partial charge in [-0.25, -0.2) is 4.79 Å². The third-order valence-electron chi connectivity index (χ3n) is 5.42. The van der Waals surface area contributed by atoms with Gasteiger partial charge in [-0.15, -0.1) is 0 Å². The van der Waals surface area contributed by atoms with Crippen LogP contribution in [0.4, 0.5) is 28.4 Å². The Balaban J connectivity index is 0.00000361. The van der Waals surface area contributed by atoms with E-state index in [4.69, 9.17) is 10.8 Å². The quantitative estimate of drug-likeness (QED) is 0.148. The number of aryl methyl sites for hydroxylation is 2. The van der Waals surface area contributed by atoms with Crippen LogP contribution in [0.25, 0.3) is 11.1 Å². The van der Waals surface area contributed by atoms with E-state index in [0.717, 1.165) is 39.3 Å². The number of anilines is 1. The van der Waals surface area contributed by atoms with Crippen molar-refractivity contribution in [2.24, 2.45) is 20.5 Å². The Morgan fingerprint density at radius 3 is 1.75 bits per heavy atom. The molecule has 4 N–H and O–H groups in total. The fourth-order valence-corrected chi connectivity index (χ4v) is 3.36. The number of aromatic hydroxyl groups is 1. The molecule has 0 amide bonds. The Kier molecular flexibility index (Phi) is 8.71. The molecule has 0 spiro atoms. The van der Waals surface area contributed by atoms with E-state index < -0.39 is 5.97 Å². The number of nitrogens with zero attached hydrogens (tertiary/aromatic N) is 4. The summed E-state index contributed by atoms with van der Waals surface area (Å²) in [5.41, 5.74) is 12.9. The topological polar surface area (TPSA) is 133 Å². The van der Waals surface area contributed by atoms with Crippen LogP contribution in [-0.2, 0) is 0 Å². The molecule has 0 fully saturated rings. The Morgan fingerprint density at radius 1 is 0.694 bits per heavy atom. The Morgan fingerprint density at radius 2 is 1.19 bits per heavy atom. The molecule has 9 heteroatoms. The van der Waals surface area contributed by atoms with Crippen molar-refractivity contribution in [3.8, 4) is 16.9 Å². The van der Waals surface area contributed by atoms with Gasteiger partial charge < -0.3 is 15.9 Å². The van der Waals surface area contributed by atoms with E-state index in [1.807, 2.05) is 74.5 Å². The van der Waals surface area contributed by atoms with Gasteiger partial charge in [0, 0.05) is 35.2 Å². The van der Waals surface area contributed by atoms with Crippen molar-refractivity contribution in [1.29, 1.82) is 0 Å². The minimum Gasteiger partial charge on any atom is -0.507 e. The summed E-state index contributed by atoms with van der Waals surface area (Å²) in [5.74, 6) is -1.55. The maximum atomic E-state index is 11.1. The van der Waals surface area contributed by atoms with Crippen LogP contribution in [0, 0.1) is 13.8 Å². The number of carboxylic acid groups (broad SMARTS) is 1. The zero-order chi connectivity index (χ0) is 24.9. The molecular formula is C27H23N5NaO3. The third kappa shape index (κ3) is 6.42. The summed E-state index contributed by atoms with van der Waals surface area (Å²) in [7, 11) is 0. The molecule has 0 bridgehead atoms.